The van der Waals surface area contributed by atoms with E-state index in [9.17, 15) is 5.11 Å². The highest BCUT2D eigenvalue weighted by atomic mass is 32.1. The molecule has 6 nitrogen and oxygen atoms in total. The second-order valence-corrected chi connectivity index (χ2v) is 8.66. The average molecular weight is 414 g/mol. The SMILES string of the molecule is O[C@@H]1Cc2ccccc2[C@H]1Nc1nc2ccc(Cn3cnc4cccnc43)cc2s1. The third kappa shape index (κ3) is 2.94. The van der Waals surface area contributed by atoms with Crippen molar-refractivity contribution in [2.24, 2.45) is 0 Å². The van der Waals surface area contributed by atoms with E-state index in [4.69, 9.17) is 4.98 Å². The topological polar surface area (TPSA) is 75.9 Å². The summed E-state index contributed by atoms with van der Waals surface area (Å²) in [5.41, 5.74) is 6.28. The molecule has 6 rings (SSSR count). The van der Waals surface area contributed by atoms with E-state index < -0.39 is 6.10 Å². The summed E-state index contributed by atoms with van der Waals surface area (Å²) in [6.07, 6.45) is 3.86. The third-order valence-electron chi connectivity index (χ3n) is 5.66. The fourth-order valence-corrected chi connectivity index (χ4v) is 5.19. The van der Waals surface area contributed by atoms with Crippen LogP contribution in [0.4, 0.5) is 5.13 Å². The summed E-state index contributed by atoms with van der Waals surface area (Å²) in [7, 11) is 0. The first-order chi connectivity index (χ1) is 14.7. The fourth-order valence-electron chi connectivity index (χ4n) is 4.22. The number of imidazole rings is 1. The van der Waals surface area contributed by atoms with Gasteiger partial charge in [-0.3, -0.25) is 0 Å². The molecule has 30 heavy (non-hydrogen) atoms. The van der Waals surface area contributed by atoms with Gasteiger partial charge in [-0.25, -0.2) is 15.0 Å². The van der Waals surface area contributed by atoms with Crippen LogP contribution < -0.4 is 5.32 Å². The predicted molar refractivity (Wildman–Crippen MR) is 119 cm³/mol. The molecule has 0 bridgehead atoms. The van der Waals surface area contributed by atoms with Crippen LogP contribution in [0.5, 0.6) is 0 Å². The summed E-state index contributed by atoms with van der Waals surface area (Å²) < 4.78 is 3.18. The van der Waals surface area contributed by atoms with Crippen LogP contribution in [0.1, 0.15) is 22.7 Å². The van der Waals surface area contributed by atoms with E-state index in [0.717, 1.165) is 32.1 Å². The van der Waals surface area contributed by atoms with Crippen molar-refractivity contribution < 1.29 is 5.11 Å². The number of nitrogens with one attached hydrogen (secondary N) is 1. The molecule has 5 aromatic rings. The highest BCUT2D eigenvalue weighted by molar-refractivity contribution is 7.22. The number of aromatic nitrogens is 4. The van der Waals surface area contributed by atoms with Gasteiger partial charge in [0.05, 0.1) is 35.2 Å². The van der Waals surface area contributed by atoms with Crippen molar-refractivity contribution in [3.05, 3.63) is 83.8 Å². The van der Waals surface area contributed by atoms with Crippen LogP contribution in [-0.2, 0) is 13.0 Å². The van der Waals surface area contributed by atoms with E-state index in [0.29, 0.717) is 13.0 Å². The van der Waals surface area contributed by atoms with E-state index in [-0.39, 0.29) is 6.04 Å². The molecule has 0 saturated heterocycles. The molecule has 148 valence electrons. The number of nitrogens with zero attached hydrogens (tertiary/aromatic N) is 4. The van der Waals surface area contributed by atoms with Gasteiger partial charge in [0, 0.05) is 12.6 Å². The average Bonchev–Trinajstić information content (AvgIpc) is 3.44. The third-order valence-corrected chi connectivity index (χ3v) is 6.61. The van der Waals surface area contributed by atoms with Crippen molar-refractivity contribution >= 4 is 37.8 Å². The standard InChI is InChI=1S/C23H19N5OS/c29-19-11-15-4-1-2-5-16(15)21(19)27-23-26-17-8-7-14(10-20(17)30-23)12-28-13-25-18-6-3-9-24-22(18)28/h1-10,13,19,21,29H,11-12H2,(H,26,27)/t19-,21-/m1/s1. The first-order valence-corrected chi connectivity index (χ1v) is 10.7. The van der Waals surface area contributed by atoms with Crippen LogP contribution in [0.15, 0.2) is 67.1 Å². The number of rotatable bonds is 4. The molecule has 7 heteroatoms. The second-order valence-electron chi connectivity index (χ2n) is 7.63. The van der Waals surface area contributed by atoms with Crippen molar-refractivity contribution in [1.82, 2.24) is 19.5 Å². The molecule has 3 aromatic heterocycles. The van der Waals surface area contributed by atoms with Gasteiger partial charge in [0.15, 0.2) is 10.8 Å². The fraction of sp³-hybridized carbons (Fsp3) is 0.174. The number of aliphatic hydroxyl groups is 1. The van der Waals surface area contributed by atoms with Gasteiger partial charge in [-0.1, -0.05) is 41.7 Å². The second kappa shape index (κ2) is 6.90. The van der Waals surface area contributed by atoms with E-state index in [2.05, 4.69) is 50.2 Å². The summed E-state index contributed by atoms with van der Waals surface area (Å²) in [5, 5.41) is 14.8. The number of hydrogen-bond donors (Lipinski definition) is 2. The van der Waals surface area contributed by atoms with Gasteiger partial charge in [-0.05, 0) is 41.0 Å². The lowest BCUT2D eigenvalue weighted by atomic mass is 10.1. The maximum atomic E-state index is 10.5. The molecule has 0 spiro atoms. The summed E-state index contributed by atoms with van der Waals surface area (Å²) in [6.45, 7) is 0.707. The van der Waals surface area contributed by atoms with Crippen molar-refractivity contribution in [2.75, 3.05) is 5.32 Å². The van der Waals surface area contributed by atoms with Crippen LogP contribution in [0.25, 0.3) is 21.4 Å². The summed E-state index contributed by atoms with van der Waals surface area (Å²) in [6, 6.07) is 18.3. The Morgan fingerprint density at radius 3 is 2.97 bits per heavy atom. The zero-order chi connectivity index (χ0) is 20.1. The number of fused-ring (bicyclic) bond motifs is 3. The number of hydrogen-bond acceptors (Lipinski definition) is 6. The Bertz CT molecular complexity index is 1370. The first-order valence-electron chi connectivity index (χ1n) is 9.92. The minimum absolute atomic E-state index is 0.121. The van der Waals surface area contributed by atoms with Gasteiger partial charge in [0.25, 0.3) is 0 Å². The van der Waals surface area contributed by atoms with Gasteiger partial charge < -0.3 is 15.0 Å². The Kier molecular flexibility index (Phi) is 4.04. The maximum Gasteiger partial charge on any atom is 0.184 e. The van der Waals surface area contributed by atoms with Crippen molar-refractivity contribution in [3.63, 3.8) is 0 Å². The molecule has 2 N–H and O–H groups in total. The molecule has 0 fully saturated rings. The molecular formula is C23H19N5OS. The quantitative estimate of drug-likeness (QED) is 0.463. The van der Waals surface area contributed by atoms with Crippen LogP contribution in [-0.4, -0.2) is 30.7 Å². The molecule has 0 unspecified atom stereocenters. The number of anilines is 1. The van der Waals surface area contributed by atoms with Crippen LogP contribution in [0, 0.1) is 0 Å². The van der Waals surface area contributed by atoms with E-state index in [1.807, 2.05) is 30.6 Å². The Labute approximate surface area is 176 Å². The minimum atomic E-state index is -0.438. The molecule has 1 aliphatic carbocycles. The minimum Gasteiger partial charge on any atom is -0.390 e. The molecule has 0 aliphatic heterocycles. The van der Waals surface area contributed by atoms with Crippen molar-refractivity contribution in [2.45, 2.75) is 25.1 Å². The number of pyridine rings is 1. The highest BCUT2D eigenvalue weighted by Gasteiger charge is 2.31. The van der Waals surface area contributed by atoms with Gasteiger partial charge in [0.2, 0.25) is 0 Å². The normalized spacial score (nSPS) is 18.2. The zero-order valence-electron chi connectivity index (χ0n) is 16.1. The predicted octanol–water partition coefficient (Wildman–Crippen LogP) is 4.16. The molecule has 2 atom stereocenters. The lowest BCUT2D eigenvalue weighted by molar-refractivity contribution is 0.166. The molecule has 1 aliphatic rings. The van der Waals surface area contributed by atoms with Crippen LogP contribution in [0.2, 0.25) is 0 Å². The largest absolute Gasteiger partial charge is 0.390 e. The molecule has 0 amide bonds. The van der Waals surface area contributed by atoms with Crippen LogP contribution >= 0.6 is 11.3 Å². The summed E-state index contributed by atoms with van der Waals surface area (Å²) >= 11 is 1.62. The van der Waals surface area contributed by atoms with Gasteiger partial charge in [0.1, 0.15) is 5.52 Å². The Morgan fingerprint density at radius 1 is 1.07 bits per heavy atom. The van der Waals surface area contributed by atoms with E-state index in [1.165, 1.54) is 11.1 Å². The van der Waals surface area contributed by atoms with E-state index >= 15 is 0 Å². The maximum absolute atomic E-state index is 10.5. The first kappa shape index (κ1) is 17.6. The number of benzene rings is 2. The van der Waals surface area contributed by atoms with Crippen molar-refractivity contribution in [3.8, 4) is 0 Å². The number of thiazole rings is 1. The molecular weight excluding hydrogens is 394 g/mol. The Balaban J connectivity index is 1.28. The summed E-state index contributed by atoms with van der Waals surface area (Å²) in [5.74, 6) is 0. The molecule has 0 radical (unpaired) electrons. The van der Waals surface area contributed by atoms with Crippen molar-refractivity contribution in [1.29, 1.82) is 0 Å². The van der Waals surface area contributed by atoms with E-state index in [1.54, 1.807) is 17.5 Å². The van der Waals surface area contributed by atoms with Gasteiger partial charge >= 0.3 is 0 Å². The Morgan fingerprint density at radius 2 is 2.00 bits per heavy atom. The lowest BCUT2D eigenvalue weighted by Gasteiger charge is -2.16. The highest BCUT2D eigenvalue weighted by Crippen LogP contribution is 2.36. The summed E-state index contributed by atoms with van der Waals surface area (Å²) in [4.78, 5) is 13.6. The number of aliphatic hydroxyl groups excluding tert-OH is 1. The zero-order valence-corrected chi connectivity index (χ0v) is 16.9. The lowest BCUT2D eigenvalue weighted by Crippen LogP contribution is -2.20. The van der Waals surface area contributed by atoms with Crippen LogP contribution in [0.3, 0.4) is 0 Å². The molecule has 3 heterocycles. The van der Waals surface area contributed by atoms with Gasteiger partial charge in [-0.15, -0.1) is 0 Å². The molecule has 0 saturated carbocycles. The smallest absolute Gasteiger partial charge is 0.184 e. The monoisotopic (exact) mass is 413 g/mol. The van der Waals surface area contributed by atoms with Gasteiger partial charge in [-0.2, -0.15) is 0 Å². The molecule has 2 aromatic carbocycles. The Hall–Kier alpha value is -3.29.